The van der Waals surface area contributed by atoms with Gasteiger partial charge in [0.05, 0.1) is 12.6 Å². The topological polar surface area (TPSA) is 76.1 Å². The minimum absolute atomic E-state index is 0.219. The number of rotatable bonds is 5. The van der Waals surface area contributed by atoms with Gasteiger partial charge >= 0.3 is 5.97 Å². The molecule has 1 aromatic rings. The Morgan fingerprint density at radius 2 is 2.10 bits per heavy atom. The first kappa shape index (κ1) is 15.5. The monoisotopic (exact) mass is 293 g/mol. The molecule has 2 unspecified atom stereocenters. The van der Waals surface area contributed by atoms with Gasteiger partial charge in [-0.05, 0) is 12.5 Å². The van der Waals surface area contributed by atoms with Crippen LogP contribution in [-0.2, 0) is 19.1 Å². The van der Waals surface area contributed by atoms with Crippen LogP contribution in [0, 0.1) is 6.92 Å². The average Bonchev–Trinajstić information content (AvgIpc) is 2.46. The summed E-state index contributed by atoms with van der Waals surface area (Å²) in [7, 11) is 1.54. The van der Waals surface area contributed by atoms with Crippen LogP contribution in [0.3, 0.4) is 0 Å². The molecule has 0 saturated carbocycles. The molecule has 1 aliphatic heterocycles. The number of aliphatic carboxylic acids is 1. The molecule has 114 valence electrons. The Bertz CT molecular complexity index is 513. The molecule has 6 nitrogen and oxygen atoms in total. The smallest absolute Gasteiger partial charge is 0.335 e. The maximum atomic E-state index is 12.1. The molecule has 2 atom stereocenters. The number of benzene rings is 1. The van der Waals surface area contributed by atoms with Crippen LogP contribution in [0.2, 0.25) is 0 Å². The van der Waals surface area contributed by atoms with Crippen LogP contribution in [-0.4, -0.2) is 54.9 Å². The summed E-state index contributed by atoms with van der Waals surface area (Å²) in [4.78, 5) is 25.0. The fourth-order valence-electron chi connectivity index (χ4n) is 2.43. The number of hydrogen-bond acceptors (Lipinski definition) is 4. The number of carbonyl (C=O) groups excluding carboxylic acids is 1. The van der Waals surface area contributed by atoms with Crippen LogP contribution >= 0.6 is 0 Å². The van der Waals surface area contributed by atoms with Crippen molar-refractivity contribution in [2.24, 2.45) is 0 Å². The van der Waals surface area contributed by atoms with Crippen molar-refractivity contribution in [3.05, 3.63) is 35.4 Å². The first-order valence-corrected chi connectivity index (χ1v) is 6.74. The van der Waals surface area contributed by atoms with Crippen LogP contribution in [0.4, 0.5) is 0 Å². The quantitative estimate of drug-likeness (QED) is 0.876. The van der Waals surface area contributed by atoms with E-state index in [9.17, 15) is 14.7 Å². The van der Waals surface area contributed by atoms with Crippen LogP contribution < -0.4 is 0 Å². The maximum Gasteiger partial charge on any atom is 0.335 e. The molecule has 1 N–H and O–H groups in total. The molecule has 0 aromatic heterocycles. The predicted molar refractivity (Wildman–Crippen MR) is 74.9 cm³/mol. The van der Waals surface area contributed by atoms with Gasteiger partial charge in [0.15, 0.2) is 6.10 Å². The predicted octanol–water partition coefficient (Wildman–Crippen LogP) is 0.995. The van der Waals surface area contributed by atoms with Gasteiger partial charge in [0.2, 0.25) is 5.91 Å². The number of ether oxygens (including phenoxy) is 2. The Morgan fingerprint density at radius 1 is 1.43 bits per heavy atom. The lowest BCUT2D eigenvalue weighted by Crippen LogP contribution is -2.52. The van der Waals surface area contributed by atoms with Gasteiger partial charge in [-0.25, -0.2) is 4.79 Å². The molecule has 0 bridgehead atoms. The van der Waals surface area contributed by atoms with Crippen molar-refractivity contribution in [3.8, 4) is 0 Å². The second-order valence-corrected chi connectivity index (χ2v) is 5.01. The molecule has 1 aliphatic rings. The van der Waals surface area contributed by atoms with Crippen molar-refractivity contribution in [2.75, 3.05) is 26.9 Å². The highest BCUT2D eigenvalue weighted by molar-refractivity contribution is 5.83. The van der Waals surface area contributed by atoms with Gasteiger partial charge in [0, 0.05) is 13.7 Å². The molecule has 6 heteroatoms. The molecular formula is C15H19NO5. The average molecular weight is 293 g/mol. The Morgan fingerprint density at radius 3 is 2.67 bits per heavy atom. The van der Waals surface area contributed by atoms with Gasteiger partial charge < -0.3 is 19.5 Å². The van der Waals surface area contributed by atoms with Gasteiger partial charge in [0.1, 0.15) is 6.61 Å². The van der Waals surface area contributed by atoms with Crippen LogP contribution in [0.5, 0.6) is 0 Å². The fraction of sp³-hybridized carbons (Fsp3) is 0.467. The number of carbonyl (C=O) groups is 2. The lowest BCUT2D eigenvalue weighted by molar-refractivity contribution is -0.173. The summed E-state index contributed by atoms with van der Waals surface area (Å²) in [6.45, 7) is 2.41. The summed E-state index contributed by atoms with van der Waals surface area (Å²) in [5.41, 5.74) is 1.81. The standard InChI is InChI=1S/C15H19NO5/c1-10-3-5-11(6-4-10)13-14(15(18)19)21-9-12(17)16(13)7-8-20-2/h3-6,13-14H,7-9H2,1-2H3,(H,18,19). The second kappa shape index (κ2) is 6.69. The zero-order valence-electron chi connectivity index (χ0n) is 12.1. The normalized spacial score (nSPS) is 22.4. The van der Waals surface area contributed by atoms with E-state index in [1.54, 1.807) is 7.11 Å². The Labute approximate surface area is 123 Å². The highest BCUT2D eigenvalue weighted by Gasteiger charge is 2.41. The van der Waals surface area contributed by atoms with E-state index in [-0.39, 0.29) is 12.5 Å². The van der Waals surface area contributed by atoms with Crippen molar-refractivity contribution in [1.29, 1.82) is 0 Å². The number of hydrogen-bond donors (Lipinski definition) is 1. The van der Waals surface area contributed by atoms with E-state index >= 15 is 0 Å². The van der Waals surface area contributed by atoms with Gasteiger partial charge in [-0.2, -0.15) is 0 Å². The SMILES string of the molecule is COCCN1C(=O)COC(C(=O)O)C1c1ccc(C)cc1. The van der Waals surface area contributed by atoms with E-state index in [0.717, 1.165) is 11.1 Å². The van der Waals surface area contributed by atoms with E-state index in [1.807, 2.05) is 31.2 Å². The second-order valence-electron chi connectivity index (χ2n) is 5.01. The summed E-state index contributed by atoms with van der Waals surface area (Å²) in [5, 5.41) is 9.36. The first-order valence-electron chi connectivity index (χ1n) is 6.74. The minimum Gasteiger partial charge on any atom is -0.479 e. The number of carboxylic acid groups (broad SMARTS) is 1. The van der Waals surface area contributed by atoms with Crippen molar-refractivity contribution >= 4 is 11.9 Å². The number of amides is 1. The molecule has 21 heavy (non-hydrogen) atoms. The molecule has 0 radical (unpaired) electrons. The van der Waals surface area contributed by atoms with Crippen molar-refractivity contribution in [2.45, 2.75) is 19.1 Å². The molecule has 0 aliphatic carbocycles. The van der Waals surface area contributed by atoms with Gasteiger partial charge in [-0.3, -0.25) is 4.79 Å². The summed E-state index contributed by atoms with van der Waals surface area (Å²) in [6.07, 6.45) is -1.07. The lowest BCUT2D eigenvalue weighted by Gasteiger charge is -2.39. The largest absolute Gasteiger partial charge is 0.479 e. The van der Waals surface area contributed by atoms with Crippen LogP contribution in [0.25, 0.3) is 0 Å². The summed E-state index contributed by atoms with van der Waals surface area (Å²) in [6, 6.07) is 6.80. The van der Waals surface area contributed by atoms with E-state index < -0.39 is 18.1 Å². The van der Waals surface area contributed by atoms with Crippen molar-refractivity contribution < 1.29 is 24.2 Å². The number of methoxy groups -OCH3 is 1. The fourth-order valence-corrected chi connectivity index (χ4v) is 2.43. The number of morpholine rings is 1. The number of carboxylic acids is 1. The van der Waals surface area contributed by atoms with E-state index in [0.29, 0.717) is 13.2 Å². The zero-order chi connectivity index (χ0) is 15.4. The van der Waals surface area contributed by atoms with Gasteiger partial charge in [-0.15, -0.1) is 0 Å². The number of aryl methyl sites for hydroxylation is 1. The van der Waals surface area contributed by atoms with E-state index in [4.69, 9.17) is 9.47 Å². The van der Waals surface area contributed by atoms with Crippen LogP contribution in [0.15, 0.2) is 24.3 Å². The minimum atomic E-state index is -1.07. The Balaban J connectivity index is 2.35. The molecule has 1 saturated heterocycles. The summed E-state index contributed by atoms with van der Waals surface area (Å²) < 4.78 is 10.2. The molecule has 2 rings (SSSR count). The van der Waals surface area contributed by atoms with E-state index in [1.165, 1.54) is 4.90 Å². The summed E-state index contributed by atoms with van der Waals surface area (Å²) in [5.74, 6) is -1.30. The zero-order valence-corrected chi connectivity index (χ0v) is 12.1. The third-order valence-electron chi connectivity index (χ3n) is 3.53. The Kier molecular flexibility index (Phi) is 4.93. The lowest BCUT2D eigenvalue weighted by atomic mass is 9.97. The highest BCUT2D eigenvalue weighted by Crippen LogP contribution is 2.30. The van der Waals surface area contributed by atoms with Crippen molar-refractivity contribution in [3.63, 3.8) is 0 Å². The van der Waals surface area contributed by atoms with Gasteiger partial charge in [0.25, 0.3) is 0 Å². The third-order valence-corrected chi connectivity index (χ3v) is 3.53. The number of nitrogens with zero attached hydrogens (tertiary/aromatic N) is 1. The van der Waals surface area contributed by atoms with Crippen molar-refractivity contribution in [1.82, 2.24) is 4.90 Å². The maximum absolute atomic E-state index is 12.1. The molecule has 1 fully saturated rings. The molecule has 1 aromatic carbocycles. The first-order chi connectivity index (χ1) is 10.0. The molecule has 1 amide bonds. The van der Waals surface area contributed by atoms with E-state index in [2.05, 4.69) is 0 Å². The summed E-state index contributed by atoms with van der Waals surface area (Å²) >= 11 is 0. The highest BCUT2D eigenvalue weighted by atomic mass is 16.5. The Hall–Kier alpha value is -1.92. The molecule has 1 heterocycles. The van der Waals surface area contributed by atoms with Gasteiger partial charge in [-0.1, -0.05) is 29.8 Å². The molecule has 0 spiro atoms. The third kappa shape index (κ3) is 3.40. The van der Waals surface area contributed by atoms with Crippen LogP contribution in [0.1, 0.15) is 17.2 Å². The molecular weight excluding hydrogens is 274 g/mol.